The first-order valence-corrected chi connectivity index (χ1v) is 8.73. The lowest BCUT2D eigenvalue weighted by atomic mass is 9.96. The second-order valence-electron chi connectivity index (χ2n) is 8.96. The fourth-order valence-electron chi connectivity index (χ4n) is 2.14. The molecule has 0 unspecified atom stereocenters. The summed E-state index contributed by atoms with van der Waals surface area (Å²) in [6.07, 6.45) is 5.39. The lowest BCUT2D eigenvalue weighted by molar-refractivity contribution is 0.469. The highest BCUT2D eigenvalue weighted by Gasteiger charge is 2.20. The van der Waals surface area contributed by atoms with Crippen LogP contribution >= 0.6 is 0 Å². The summed E-state index contributed by atoms with van der Waals surface area (Å²) in [4.78, 5) is 8.43. The molecule has 27 heavy (non-hydrogen) atoms. The van der Waals surface area contributed by atoms with Gasteiger partial charge in [-0.3, -0.25) is 0 Å². The molecule has 154 valence electrons. The highest BCUT2D eigenvalue weighted by Crippen LogP contribution is 2.24. The molecule has 4 heteroatoms. The molecule has 0 aliphatic heterocycles. The summed E-state index contributed by atoms with van der Waals surface area (Å²) >= 11 is 0. The van der Waals surface area contributed by atoms with Gasteiger partial charge >= 0.3 is 0 Å². The maximum absolute atomic E-state index is 4.65. The smallest absolute Gasteiger partial charge is 0.115 e. The molecule has 2 aromatic heterocycles. The van der Waals surface area contributed by atoms with Crippen LogP contribution in [0.3, 0.4) is 0 Å². The van der Waals surface area contributed by atoms with Crippen molar-refractivity contribution < 1.29 is 0 Å². The van der Waals surface area contributed by atoms with E-state index in [-0.39, 0.29) is 20.3 Å². The van der Waals surface area contributed by atoms with Crippen LogP contribution in [0.2, 0.25) is 0 Å². The van der Waals surface area contributed by atoms with Gasteiger partial charge in [-0.05, 0) is 17.5 Å². The second kappa shape index (κ2) is 10.9. The molecule has 0 N–H and O–H groups in total. The van der Waals surface area contributed by atoms with Gasteiger partial charge in [0.25, 0.3) is 0 Å². The van der Waals surface area contributed by atoms with Crippen molar-refractivity contribution >= 4 is 11.0 Å². The number of nitrogens with zero attached hydrogens (tertiary/aromatic N) is 4. The summed E-state index contributed by atoms with van der Waals surface area (Å²) < 4.78 is 4.06. The van der Waals surface area contributed by atoms with Crippen LogP contribution in [0.5, 0.6) is 0 Å². The van der Waals surface area contributed by atoms with Crippen LogP contribution in [0.15, 0.2) is 43.0 Å². The molecule has 0 fully saturated rings. The number of aryl methyl sites for hydroxylation is 2. The SMILES string of the molecule is C.C.CC(C)(C)C.Cn1c(C(C)(C)C)nc2ccccc21.Cn1ccnc1. The second-order valence-corrected chi connectivity index (χ2v) is 8.96. The van der Waals surface area contributed by atoms with Gasteiger partial charge < -0.3 is 9.13 Å². The maximum atomic E-state index is 4.65. The first kappa shape index (κ1) is 27.1. The summed E-state index contributed by atoms with van der Waals surface area (Å²) in [5.41, 5.74) is 2.89. The Balaban J connectivity index is 0. The molecular formula is C23H42N4. The summed E-state index contributed by atoms with van der Waals surface area (Å²) in [5, 5.41) is 0. The molecule has 0 saturated heterocycles. The number of hydrogen-bond acceptors (Lipinski definition) is 2. The molecule has 2 heterocycles. The fourth-order valence-corrected chi connectivity index (χ4v) is 2.14. The molecule has 0 atom stereocenters. The molecule has 0 aliphatic rings. The molecule has 0 saturated carbocycles. The lowest BCUT2D eigenvalue weighted by Gasteiger charge is -2.17. The van der Waals surface area contributed by atoms with Crippen LogP contribution in [0.1, 0.15) is 69.1 Å². The molecule has 3 rings (SSSR count). The Morgan fingerprint density at radius 3 is 1.70 bits per heavy atom. The third kappa shape index (κ3) is 9.97. The standard InChI is InChI=1S/C12H16N2.C5H12.C4H6N2.2CH4/c1-12(2,3)11-13-9-7-5-6-8-10(9)14(11)4;1-5(2,3)4;1-6-3-2-5-4-6;;/h5-8H,1-4H3;1-4H3;2-4H,1H3;2*1H4. The first-order valence-electron chi connectivity index (χ1n) is 8.73. The number of para-hydroxylation sites is 2. The minimum absolute atomic E-state index is 0. The Morgan fingerprint density at radius 1 is 0.852 bits per heavy atom. The van der Waals surface area contributed by atoms with Crippen molar-refractivity contribution in [1.82, 2.24) is 19.1 Å². The van der Waals surface area contributed by atoms with E-state index in [1.807, 2.05) is 23.9 Å². The quantitative estimate of drug-likeness (QED) is 0.443. The Labute approximate surface area is 167 Å². The summed E-state index contributed by atoms with van der Waals surface area (Å²) in [6, 6.07) is 8.25. The monoisotopic (exact) mass is 374 g/mol. The Morgan fingerprint density at radius 2 is 1.37 bits per heavy atom. The van der Waals surface area contributed by atoms with E-state index in [1.54, 1.807) is 12.5 Å². The predicted octanol–water partition coefficient (Wildman–Crippen LogP) is 6.62. The Hall–Kier alpha value is -2.10. The zero-order valence-electron chi connectivity index (χ0n) is 17.3. The van der Waals surface area contributed by atoms with E-state index in [0.717, 1.165) is 11.3 Å². The van der Waals surface area contributed by atoms with E-state index in [1.165, 1.54) is 5.52 Å². The van der Waals surface area contributed by atoms with Crippen molar-refractivity contribution in [3.63, 3.8) is 0 Å². The molecule has 0 aliphatic carbocycles. The molecule has 0 amide bonds. The van der Waals surface area contributed by atoms with Crippen molar-refractivity contribution in [3.8, 4) is 0 Å². The van der Waals surface area contributed by atoms with Crippen LogP contribution < -0.4 is 0 Å². The molecule has 0 spiro atoms. The van der Waals surface area contributed by atoms with Crippen molar-refractivity contribution in [2.24, 2.45) is 19.5 Å². The first-order chi connectivity index (χ1) is 11.4. The number of hydrogen-bond donors (Lipinski definition) is 0. The normalized spacial score (nSPS) is 10.6. The summed E-state index contributed by atoms with van der Waals surface area (Å²) in [5.74, 6) is 1.14. The van der Waals surface area contributed by atoms with Gasteiger partial charge in [-0.15, -0.1) is 0 Å². The van der Waals surface area contributed by atoms with E-state index < -0.39 is 0 Å². The van der Waals surface area contributed by atoms with E-state index in [0.29, 0.717) is 5.41 Å². The number of aromatic nitrogens is 4. The van der Waals surface area contributed by atoms with E-state index in [4.69, 9.17) is 0 Å². The molecule has 0 bridgehead atoms. The highest BCUT2D eigenvalue weighted by atomic mass is 15.1. The minimum Gasteiger partial charge on any atom is -0.341 e. The van der Waals surface area contributed by atoms with Gasteiger partial charge in [-0.2, -0.15) is 0 Å². The van der Waals surface area contributed by atoms with Crippen LogP contribution in [-0.4, -0.2) is 19.1 Å². The average Bonchev–Trinajstić information content (AvgIpc) is 3.05. The molecule has 4 nitrogen and oxygen atoms in total. The van der Waals surface area contributed by atoms with Gasteiger partial charge in [0.15, 0.2) is 0 Å². The summed E-state index contributed by atoms with van der Waals surface area (Å²) in [7, 11) is 4.02. The van der Waals surface area contributed by atoms with Gasteiger partial charge in [0.2, 0.25) is 0 Å². The third-order valence-corrected chi connectivity index (χ3v) is 3.09. The minimum atomic E-state index is 0. The van der Waals surface area contributed by atoms with Crippen molar-refractivity contribution in [3.05, 3.63) is 48.8 Å². The molecule has 3 aromatic rings. The van der Waals surface area contributed by atoms with Gasteiger partial charge in [0.1, 0.15) is 5.82 Å². The van der Waals surface area contributed by atoms with E-state index >= 15 is 0 Å². The fraction of sp³-hybridized carbons (Fsp3) is 0.565. The maximum Gasteiger partial charge on any atom is 0.115 e. The lowest BCUT2D eigenvalue weighted by Crippen LogP contribution is -2.17. The zero-order chi connectivity index (χ0) is 19.3. The summed E-state index contributed by atoms with van der Waals surface area (Å²) in [6.45, 7) is 15.3. The van der Waals surface area contributed by atoms with E-state index in [2.05, 4.69) is 88.2 Å². The average molecular weight is 375 g/mol. The number of imidazole rings is 2. The Bertz CT molecular complexity index is 748. The van der Waals surface area contributed by atoms with Crippen molar-refractivity contribution in [2.75, 3.05) is 0 Å². The molecular weight excluding hydrogens is 332 g/mol. The number of rotatable bonds is 0. The van der Waals surface area contributed by atoms with Gasteiger partial charge in [0.05, 0.1) is 17.4 Å². The zero-order valence-corrected chi connectivity index (χ0v) is 17.3. The Kier molecular flexibility index (Phi) is 11.0. The predicted molar refractivity (Wildman–Crippen MR) is 121 cm³/mol. The van der Waals surface area contributed by atoms with E-state index in [9.17, 15) is 0 Å². The number of fused-ring (bicyclic) bond motifs is 1. The largest absolute Gasteiger partial charge is 0.341 e. The van der Waals surface area contributed by atoms with Crippen LogP contribution in [-0.2, 0) is 19.5 Å². The molecule has 1 aromatic carbocycles. The van der Waals surface area contributed by atoms with Crippen LogP contribution in [0, 0.1) is 5.41 Å². The highest BCUT2D eigenvalue weighted by molar-refractivity contribution is 5.76. The third-order valence-electron chi connectivity index (χ3n) is 3.09. The van der Waals surface area contributed by atoms with Crippen molar-refractivity contribution in [1.29, 1.82) is 0 Å². The molecule has 0 radical (unpaired) electrons. The van der Waals surface area contributed by atoms with Crippen LogP contribution in [0.4, 0.5) is 0 Å². The van der Waals surface area contributed by atoms with Gasteiger partial charge in [0, 0.05) is 31.9 Å². The van der Waals surface area contributed by atoms with Crippen LogP contribution in [0.25, 0.3) is 11.0 Å². The van der Waals surface area contributed by atoms with Gasteiger partial charge in [-0.1, -0.05) is 75.5 Å². The topological polar surface area (TPSA) is 35.6 Å². The van der Waals surface area contributed by atoms with Gasteiger partial charge in [-0.25, -0.2) is 9.97 Å². The number of benzene rings is 1. The van der Waals surface area contributed by atoms with Crippen molar-refractivity contribution in [2.45, 2.75) is 68.7 Å².